The van der Waals surface area contributed by atoms with E-state index in [1.807, 2.05) is 34.6 Å². The average Bonchev–Trinajstić information content (AvgIpc) is 2.80. The molecule has 0 radical (unpaired) electrons. The molecule has 0 aromatic carbocycles. The molecule has 3 aliphatic rings. The average molecular weight is 288 g/mol. The summed E-state index contributed by atoms with van der Waals surface area (Å²) in [4.78, 5) is 0. The molecule has 3 rings (SSSR count). The van der Waals surface area contributed by atoms with E-state index in [1.54, 1.807) is 0 Å². The van der Waals surface area contributed by atoms with E-state index < -0.39 is 17.4 Å². The van der Waals surface area contributed by atoms with E-state index in [0.29, 0.717) is 19.8 Å². The fourth-order valence-corrected chi connectivity index (χ4v) is 3.17. The van der Waals surface area contributed by atoms with E-state index in [9.17, 15) is 0 Å². The number of ether oxygens (including phenoxy) is 6. The van der Waals surface area contributed by atoms with E-state index >= 15 is 0 Å². The molecule has 3 heterocycles. The zero-order chi connectivity index (χ0) is 14.6. The predicted molar refractivity (Wildman–Crippen MR) is 69.0 cm³/mol. The first-order valence-electron chi connectivity index (χ1n) is 7.22. The summed E-state index contributed by atoms with van der Waals surface area (Å²) in [6, 6.07) is 0. The van der Waals surface area contributed by atoms with Crippen LogP contribution in [0.3, 0.4) is 0 Å². The third kappa shape index (κ3) is 2.38. The molecule has 0 bridgehead atoms. The third-order valence-electron chi connectivity index (χ3n) is 3.83. The van der Waals surface area contributed by atoms with Gasteiger partial charge < -0.3 is 28.4 Å². The summed E-state index contributed by atoms with van der Waals surface area (Å²) in [7, 11) is 0. The van der Waals surface area contributed by atoms with Gasteiger partial charge in [-0.1, -0.05) is 0 Å². The molecule has 3 aliphatic heterocycles. The molecule has 6 heteroatoms. The first-order chi connectivity index (χ1) is 9.27. The maximum absolute atomic E-state index is 6.01. The minimum absolute atomic E-state index is 0.139. The van der Waals surface area contributed by atoms with Gasteiger partial charge in [-0.2, -0.15) is 0 Å². The lowest BCUT2D eigenvalue weighted by Gasteiger charge is -2.43. The van der Waals surface area contributed by atoms with Gasteiger partial charge in [0.25, 0.3) is 0 Å². The highest BCUT2D eigenvalue weighted by atomic mass is 16.9. The fraction of sp³-hybridized carbons (Fsp3) is 1.00. The van der Waals surface area contributed by atoms with Gasteiger partial charge in [-0.3, -0.25) is 0 Å². The number of fused-ring (bicyclic) bond motifs is 1. The summed E-state index contributed by atoms with van der Waals surface area (Å²) >= 11 is 0. The van der Waals surface area contributed by atoms with Crippen molar-refractivity contribution < 1.29 is 28.4 Å². The molecule has 20 heavy (non-hydrogen) atoms. The van der Waals surface area contributed by atoms with Crippen LogP contribution in [0, 0.1) is 0 Å². The molecule has 3 saturated heterocycles. The maximum atomic E-state index is 6.01. The molecule has 116 valence electrons. The second kappa shape index (κ2) is 4.63. The van der Waals surface area contributed by atoms with E-state index in [-0.39, 0.29) is 18.3 Å². The summed E-state index contributed by atoms with van der Waals surface area (Å²) in [5, 5.41) is 0. The van der Waals surface area contributed by atoms with Gasteiger partial charge in [-0.15, -0.1) is 0 Å². The Bertz CT molecular complexity index is 380. The van der Waals surface area contributed by atoms with Crippen molar-refractivity contribution in [3.63, 3.8) is 0 Å². The molecule has 0 amide bonds. The summed E-state index contributed by atoms with van der Waals surface area (Å²) in [5.41, 5.74) is 0. The summed E-state index contributed by atoms with van der Waals surface area (Å²) in [6.07, 6.45) is -0.717. The largest absolute Gasteiger partial charge is 0.370 e. The maximum Gasteiger partial charge on any atom is 0.224 e. The van der Waals surface area contributed by atoms with Gasteiger partial charge in [-0.05, 0) is 34.6 Å². The summed E-state index contributed by atoms with van der Waals surface area (Å²) < 4.78 is 35.4. The molecular formula is C14H24O6. The van der Waals surface area contributed by atoms with Crippen molar-refractivity contribution in [3.05, 3.63) is 0 Å². The molecule has 0 unspecified atom stereocenters. The Hall–Kier alpha value is -0.240. The third-order valence-corrected chi connectivity index (χ3v) is 3.83. The molecule has 1 spiro atoms. The zero-order valence-corrected chi connectivity index (χ0v) is 12.8. The first kappa shape index (κ1) is 14.7. The number of hydrogen-bond acceptors (Lipinski definition) is 6. The van der Waals surface area contributed by atoms with Crippen molar-refractivity contribution in [1.29, 1.82) is 0 Å². The van der Waals surface area contributed by atoms with Gasteiger partial charge in [0.1, 0.15) is 24.9 Å². The van der Waals surface area contributed by atoms with Gasteiger partial charge in [0.05, 0.1) is 6.61 Å². The van der Waals surface area contributed by atoms with Crippen LogP contribution in [0.5, 0.6) is 0 Å². The standard InChI is InChI=1S/C14H24O6/c1-6-15-11-10-9(18-13(4,5)19-10)7-16-14(11)8-17-12(2,3)20-14/h9-11H,6-8H2,1-5H3/t9-,10-,11+,14+/m1/s1. The molecule has 0 saturated carbocycles. The lowest BCUT2D eigenvalue weighted by molar-refractivity contribution is -0.333. The minimum Gasteiger partial charge on any atom is -0.370 e. The minimum atomic E-state index is -0.912. The van der Waals surface area contributed by atoms with E-state index in [0.717, 1.165) is 0 Å². The molecule has 4 atom stereocenters. The van der Waals surface area contributed by atoms with Crippen molar-refractivity contribution in [3.8, 4) is 0 Å². The highest BCUT2D eigenvalue weighted by molar-refractivity contribution is 5.01. The Balaban J connectivity index is 1.86. The van der Waals surface area contributed by atoms with Crippen LogP contribution in [0.25, 0.3) is 0 Å². The predicted octanol–water partition coefficient (Wildman–Crippen LogP) is 1.42. The van der Waals surface area contributed by atoms with Crippen molar-refractivity contribution in [2.45, 2.75) is 70.3 Å². The van der Waals surface area contributed by atoms with E-state index in [1.165, 1.54) is 0 Å². The van der Waals surface area contributed by atoms with Crippen molar-refractivity contribution in [2.75, 3.05) is 19.8 Å². The van der Waals surface area contributed by atoms with E-state index in [4.69, 9.17) is 28.4 Å². The quantitative estimate of drug-likeness (QED) is 0.766. The molecule has 0 aromatic rings. The Morgan fingerprint density at radius 3 is 2.40 bits per heavy atom. The van der Waals surface area contributed by atoms with Crippen molar-refractivity contribution in [1.82, 2.24) is 0 Å². The topological polar surface area (TPSA) is 55.4 Å². The van der Waals surface area contributed by atoms with Crippen LogP contribution in [0.1, 0.15) is 34.6 Å². The smallest absolute Gasteiger partial charge is 0.224 e. The van der Waals surface area contributed by atoms with Crippen molar-refractivity contribution >= 4 is 0 Å². The molecular weight excluding hydrogens is 264 g/mol. The Morgan fingerprint density at radius 1 is 1.05 bits per heavy atom. The number of hydrogen-bond donors (Lipinski definition) is 0. The van der Waals surface area contributed by atoms with Crippen LogP contribution in [0.4, 0.5) is 0 Å². The Morgan fingerprint density at radius 2 is 1.80 bits per heavy atom. The van der Waals surface area contributed by atoms with Crippen LogP contribution < -0.4 is 0 Å². The second-order valence-corrected chi connectivity index (χ2v) is 6.43. The molecule has 0 N–H and O–H groups in total. The van der Waals surface area contributed by atoms with Crippen LogP contribution in [-0.2, 0) is 28.4 Å². The molecule has 0 aliphatic carbocycles. The van der Waals surface area contributed by atoms with Crippen molar-refractivity contribution in [2.24, 2.45) is 0 Å². The lowest BCUT2D eigenvalue weighted by Crippen LogP contribution is -2.62. The van der Waals surface area contributed by atoms with Gasteiger partial charge in [0, 0.05) is 6.61 Å². The highest BCUT2D eigenvalue weighted by Crippen LogP contribution is 2.45. The first-order valence-corrected chi connectivity index (χ1v) is 7.22. The molecule has 6 nitrogen and oxygen atoms in total. The lowest BCUT2D eigenvalue weighted by atomic mass is 9.97. The van der Waals surface area contributed by atoms with Gasteiger partial charge >= 0.3 is 0 Å². The normalized spacial score (nSPS) is 45.8. The fourth-order valence-electron chi connectivity index (χ4n) is 3.17. The second-order valence-electron chi connectivity index (χ2n) is 6.43. The summed E-state index contributed by atoms with van der Waals surface area (Å²) in [6.45, 7) is 10.8. The highest BCUT2D eigenvalue weighted by Gasteiger charge is 2.63. The Kier molecular flexibility index (Phi) is 3.40. The molecule has 3 fully saturated rings. The Labute approximate surface area is 119 Å². The number of rotatable bonds is 2. The summed E-state index contributed by atoms with van der Waals surface area (Å²) in [5.74, 6) is -2.23. The van der Waals surface area contributed by atoms with Gasteiger partial charge in [0.15, 0.2) is 11.6 Å². The monoisotopic (exact) mass is 288 g/mol. The zero-order valence-electron chi connectivity index (χ0n) is 12.8. The SMILES string of the molecule is CCO[C@H]1[C@@H]2OC(C)(C)O[C@@H]2CO[C@]12COC(C)(C)O2. The van der Waals surface area contributed by atoms with Crippen LogP contribution in [0.2, 0.25) is 0 Å². The van der Waals surface area contributed by atoms with Gasteiger partial charge in [-0.25, -0.2) is 0 Å². The van der Waals surface area contributed by atoms with Crippen LogP contribution in [0.15, 0.2) is 0 Å². The van der Waals surface area contributed by atoms with Crippen LogP contribution >= 0.6 is 0 Å². The van der Waals surface area contributed by atoms with Crippen LogP contribution in [-0.4, -0.2) is 55.5 Å². The molecule has 0 aromatic heterocycles. The van der Waals surface area contributed by atoms with E-state index in [2.05, 4.69) is 0 Å². The van der Waals surface area contributed by atoms with Gasteiger partial charge in [0.2, 0.25) is 5.79 Å².